The maximum atomic E-state index is 6.28. The average Bonchev–Trinajstić information content (AvgIpc) is 3.13. The van der Waals surface area contributed by atoms with Crippen molar-refractivity contribution in [2.45, 2.75) is 18.6 Å². The lowest BCUT2D eigenvalue weighted by molar-refractivity contribution is 0.570. The Hall–Kier alpha value is -2.49. The normalized spacial score (nSPS) is 18.7. The molecule has 136 valence electrons. The third kappa shape index (κ3) is 4.10. The summed E-state index contributed by atoms with van der Waals surface area (Å²) in [5.74, 6) is 0.767. The number of guanidine groups is 1. The first-order valence-corrected chi connectivity index (χ1v) is 9.58. The Bertz CT molecular complexity index is 942. The Morgan fingerprint density at radius 3 is 2.19 bits per heavy atom. The molecule has 0 aromatic heterocycles. The van der Waals surface area contributed by atoms with E-state index in [-0.39, 0.29) is 12.1 Å². The van der Waals surface area contributed by atoms with Gasteiger partial charge in [-0.15, -0.1) is 0 Å². The number of aliphatic imine (C=N–C) groups is 1. The predicted molar refractivity (Wildman–Crippen MR) is 112 cm³/mol. The molecule has 3 nitrogen and oxygen atoms in total. The van der Waals surface area contributed by atoms with Crippen LogP contribution in [0.3, 0.4) is 0 Å². The van der Waals surface area contributed by atoms with Gasteiger partial charge < -0.3 is 10.6 Å². The van der Waals surface area contributed by atoms with Gasteiger partial charge in [-0.05, 0) is 28.8 Å². The first-order valence-electron chi connectivity index (χ1n) is 8.83. The summed E-state index contributed by atoms with van der Waals surface area (Å²) in [6, 6.07) is 26.3. The molecular formula is C22H19Cl2N3. The van der Waals surface area contributed by atoms with E-state index in [9.17, 15) is 0 Å². The highest BCUT2D eigenvalue weighted by molar-refractivity contribution is 6.35. The van der Waals surface area contributed by atoms with Gasteiger partial charge >= 0.3 is 0 Å². The standard InChI is InChI=1S/C22H19Cl2N3/c23-18-12-11-17(19(24)13-18)14-25-22-26-20(15-7-3-1-4-8-15)21(27-22)16-9-5-2-6-10-16/h1-13,20-21H,14H2,(H2,25,26,27)/t20-,21+. The van der Waals surface area contributed by atoms with Crippen LogP contribution in [0.25, 0.3) is 0 Å². The molecule has 5 heteroatoms. The largest absolute Gasteiger partial charge is 0.352 e. The van der Waals surface area contributed by atoms with Gasteiger partial charge in [0.25, 0.3) is 0 Å². The smallest absolute Gasteiger partial charge is 0.192 e. The van der Waals surface area contributed by atoms with Crippen molar-refractivity contribution in [1.29, 1.82) is 0 Å². The highest BCUT2D eigenvalue weighted by Gasteiger charge is 2.31. The van der Waals surface area contributed by atoms with Crippen molar-refractivity contribution in [2.75, 3.05) is 0 Å². The van der Waals surface area contributed by atoms with Gasteiger partial charge in [-0.1, -0.05) is 89.9 Å². The molecule has 2 N–H and O–H groups in total. The van der Waals surface area contributed by atoms with E-state index in [2.05, 4.69) is 47.0 Å². The first kappa shape index (κ1) is 17.9. The molecule has 0 spiro atoms. The highest BCUT2D eigenvalue weighted by Crippen LogP contribution is 2.35. The van der Waals surface area contributed by atoms with Gasteiger partial charge in [0.15, 0.2) is 5.96 Å². The molecule has 0 radical (unpaired) electrons. The Kier molecular flexibility index (Phi) is 5.33. The lowest BCUT2D eigenvalue weighted by Crippen LogP contribution is -2.35. The molecule has 0 aliphatic carbocycles. The molecular weight excluding hydrogens is 377 g/mol. The third-order valence-electron chi connectivity index (χ3n) is 4.64. The number of halogens is 2. The van der Waals surface area contributed by atoms with Crippen molar-refractivity contribution in [3.05, 3.63) is 106 Å². The van der Waals surface area contributed by atoms with Crippen molar-refractivity contribution in [3.63, 3.8) is 0 Å². The zero-order chi connectivity index (χ0) is 18.6. The summed E-state index contributed by atoms with van der Waals surface area (Å²) in [5.41, 5.74) is 3.36. The van der Waals surface area contributed by atoms with Crippen LogP contribution >= 0.6 is 23.2 Å². The Balaban J connectivity index is 1.56. The van der Waals surface area contributed by atoms with Crippen LogP contribution in [0.5, 0.6) is 0 Å². The Labute approximate surface area is 169 Å². The molecule has 4 rings (SSSR count). The van der Waals surface area contributed by atoms with Crippen molar-refractivity contribution < 1.29 is 0 Å². The summed E-state index contributed by atoms with van der Waals surface area (Å²) < 4.78 is 0. The van der Waals surface area contributed by atoms with Crippen LogP contribution in [0.15, 0.2) is 83.9 Å². The molecule has 1 heterocycles. The van der Waals surface area contributed by atoms with E-state index < -0.39 is 0 Å². The topological polar surface area (TPSA) is 36.4 Å². The molecule has 0 fully saturated rings. The van der Waals surface area contributed by atoms with E-state index >= 15 is 0 Å². The fraction of sp³-hybridized carbons (Fsp3) is 0.136. The number of rotatable bonds is 4. The molecule has 3 aromatic rings. The molecule has 0 bridgehead atoms. The minimum Gasteiger partial charge on any atom is -0.352 e. The number of hydrogen-bond donors (Lipinski definition) is 2. The maximum absolute atomic E-state index is 6.28. The van der Waals surface area contributed by atoms with Crippen molar-refractivity contribution in [3.8, 4) is 0 Å². The molecule has 0 amide bonds. The molecule has 1 aliphatic heterocycles. The van der Waals surface area contributed by atoms with Gasteiger partial charge in [0.1, 0.15) is 6.04 Å². The molecule has 0 unspecified atom stereocenters. The zero-order valence-corrected chi connectivity index (χ0v) is 16.1. The van der Waals surface area contributed by atoms with Crippen molar-refractivity contribution >= 4 is 29.2 Å². The van der Waals surface area contributed by atoms with Crippen LogP contribution in [0.4, 0.5) is 0 Å². The van der Waals surface area contributed by atoms with Gasteiger partial charge in [-0.2, -0.15) is 0 Å². The summed E-state index contributed by atoms with van der Waals surface area (Å²) in [6.07, 6.45) is 0. The summed E-state index contributed by atoms with van der Waals surface area (Å²) >= 11 is 12.3. The van der Waals surface area contributed by atoms with Crippen LogP contribution in [0.1, 0.15) is 28.8 Å². The fourth-order valence-corrected chi connectivity index (χ4v) is 3.74. The second kappa shape index (κ2) is 8.03. The van der Waals surface area contributed by atoms with Crippen LogP contribution in [0, 0.1) is 0 Å². The zero-order valence-electron chi connectivity index (χ0n) is 14.6. The van der Waals surface area contributed by atoms with E-state index in [1.807, 2.05) is 36.4 Å². The minimum atomic E-state index is 0.0109. The van der Waals surface area contributed by atoms with E-state index in [0.29, 0.717) is 16.6 Å². The lowest BCUT2D eigenvalue weighted by atomic mass is 9.95. The molecule has 0 saturated carbocycles. The van der Waals surface area contributed by atoms with Crippen LogP contribution in [-0.2, 0) is 6.54 Å². The van der Waals surface area contributed by atoms with E-state index in [1.165, 1.54) is 11.1 Å². The average molecular weight is 396 g/mol. The number of benzene rings is 3. The number of nitrogens with zero attached hydrogens (tertiary/aromatic N) is 1. The van der Waals surface area contributed by atoms with Gasteiger partial charge in [0, 0.05) is 16.6 Å². The van der Waals surface area contributed by atoms with Crippen molar-refractivity contribution in [2.24, 2.45) is 4.99 Å². The Morgan fingerprint density at radius 2 is 1.52 bits per heavy atom. The molecule has 1 aliphatic rings. The summed E-state index contributed by atoms with van der Waals surface area (Å²) in [5, 5.41) is 8.17. The van der Waals surface area contributed by atoms with Crippen LogP contribution < -0.4 is 10.6 Å². The maximum Gasteiger partial charge on any atom is 0.192 e. The van der Waals surface area contributed by atoms with Gasteiger partial charge in [0.2, 0.25) is 0 Å². The van der Waals surface area contributed by atoms with Gasteiger partial charge in [0.05, 0.1) is 6.04 Å². The second-order valence-electron chi connectivity index (χ2n) is 6.46. The van der Waals surface area contributed by atoms with Crippen LogP contribution in [0.2, 0.25) is 10.0 Å². The summed E-state index contributed by atoms with van der Waals surface area (Å²) in [6.45, 7) is 0.574. The molecule has 27 heavy (non-hydrogen) atoms. The first-order chi connectivity index (χ1) is 13.2. The van der Waals surface area contributed by atoms with E-state index in [0.717, 1.165) is 11.5 Å². The fourth-order valence-electron chi connectivity index (χ4n) is 3.26. The minimum absolute atomic E-state index is 0.0109. The number of hydrogen-bond acceptors (Lipinski definition) is 3. The quantitative estimate of drug-likeness (QED) is 0.609. The highest BCUT2D eigenvalue weighted by atomic mass is 35.5. The van der Waals surface area contributed by atoms with E-state index in [4.69, 9.17) is 28.2 Å². The monoisotopic (exact) mass is 395 g/mol. The van der Waals surface area contributed by atoms with E-state index in [1.54, 1.807) is 6.07 Å². The predicted octanol–water partition coefficient (Wildman–Crippen LogP) is 5.52. The summed E-state index contributed by atoms with van der Waals surface area (Å²) in [7, 11) is 0. The summed E-state index contributed by atoms with van der Waals surface area (Å²) in [4.78, 5) is 4.90. The van der Waals surface area contributed by atoms with Crippen LogP contribution in [-0.4, -0.2) is 5.96 Å². The number of nitrogens with one attached hydrogen (secondary N) is 2. The second-order valence-corrected chi connectivity index (χ2v) is 7.30. The van der Waals surface area contributed by atoms with Gasteiger partial charge in [-0.25, -0.2) is 4.99 Å². The third-order valence-corrected chi connectivity index (χ3v) is 5.22. The van der Waals surface area contributed by atoms with Crippen molar-refractivity contribution in [1.82, 2.24) is 10.6 Å². The van der Waals surface area contributed by atoms with Gasteiger partial charge in [-0.3, -0.25) is 0 Å². The Morgan fingerprint density at radius 1 is 0.852 bits per heavy atom. The molecule has 3 aromatic carbocycles. The molecule has 0 saturated heterocycles. The molecule has 2 atom stereocenters. The lowest BCUT2D eigenvalue weighted by Gasteiger charge is -2.19. The SMILES string of the molecule is Clc1ccc(CNC2=N[C@@H](c3ccccc3)[C@@H](c3ccccc3)N2)c(Cl)c1.